The lowest BCUT2D eigenvalue weighted by Crippen LogP contribution is -2.59. The molecule has 1 saturated heterocycles. The van der Waals surface area contributed by atoms with E-state index in [1.54, 1.807) is 0 Å². The monoisotopic (exact) mass is 275 g/mol. The minimum absolute atomic E-state index is 0.120. The number of hydrogen-bond donors (Lipinski definition) is 2. The predicted molar refractivity (Wildman–Crippen MR) is 78.1 cm³/mol. The van der Waals surface area contributed by atoms with Crippen LogP contribution in [0.4, 0.5) is 5.69 Å². The third-order valence-corrected chi connectivity index (χ3v) is 3.96. The van der Waals surface area contributed by atoms with Crippen LogP contribution >= 0.6 is 0 Å². The molecule has 3 N–H and O–H groups in total. The Morgan fingerprint density at radius 3 is 2.65 bits per heavy atom. The van der Waals surface area contributed by atoms with Crippen molar-refractivity contribution in [1.29, 1.82) is 0 Å². The number of anilines is 1. The highest BCUT2D eigenvalue weighted by Gasteiger charge is 2.40. The zero-order valence-corrected chi connectivity index (χ0v) is 11.8. The van der Waals surface area contributed by atoms with Crippen molar-refractivity contribution >= 4 is 17.5 Å². The largest absolute Gasteiger partial charge is 0.368 e. The van der Waals surface area contributed by atoms with Crippen LogP contribution in [0.5, 0.6) is 0 Å². The molecule has 5 heteroatoms. The lowest BCUT2D eigenvalue weighted by molar-refractivity contribution is -0.133. The number of likely N-dealkylation sites (tertiary alicyclic amines) is 1. The number of para-hydroxylation sites is 1. The average Bonchev–Trinajstić information content (AvgIpc) is 2.42. The van der Waals surface area contributed by atoms with Crippen LogP contribution in [0.15, 0.2) is 30.3 Å². The van der Waals surface area contributed by atoms with Gasteiger partial charge in [0.2, 0.25) is 11.8 Å². The summed E-state index contributed by atoms with van der Waals surface area (Å²) in [6.07, 6.45) is 2.67. The lowest BCUT2D eigenvalue weighted by atomic mass is 9.87. The second-order valence-corrected chi connectivity index (χ2v) is 5.43. The highest BCUT2D eigenvalue weighted by molar-refractivity contribution is 5.93. The molecule has 2 amide bonds. The molecule has 0 radical (unpaired) electrons. The van der Waals surface area contributed by atoms with E-state index in [1.807, 2.05) is 42.2 Å². The van der Waals surface area contributed by atoms with Crippen LogP contribution in [0.3, 0.4) is 0 Å². The predicted octanol–water partition coefficient (Wildman–Crippen LogP) is 1.35. The summed E-state index contributed by atoms with van der Waals surface area (Å²) in [7, 11) is 0. The van der Waals surface area contributed by atoms with E-state index in [9.17, 15) is 9.59 Å². The van der Waals surface area contributed by atoms with Crippen LogP contribution < -0.4 is 11.1 Å². The molecule has 1 atom stereocenters. The third kappa shape index (κ3) is 3.17. The second-order valence-electron chi connectivity index (χ2n) is 5.43. The van der Waals surface area contributed by atoms with Crippen LogP contribution in [-0.2, 0) is 9.59 Å². The molecular formula is C15H21N3O2. The first kappa shape index (κ1) is 14.5. The maximum Gasteiger partial charge on any atom is 0.238 e. The first-order valence-corrected chi connectivity index (χ1v) is 6.92. The van der Waals surface area contributed by atoms with E-state index in [0.717, 1.165) is 25.1 Å². The average molecular weight is 275 g/mol. The van der Waals surface area contributed by atoms with Crippen molar-refractivity contribution in [2.24, 2.45) is 5.73 Å². The quantitative estimate of drug-likeness (QED) is 0.871. The van der Waals surface area contributed by atoms with Gasteiger partial charge in [0.05, 0.1) is 12.1 Å². The van der Waals surface area contributed by atoms with Gasteiger partial charge >= 0.3 is 0 Å². The Hall–Kier alpha value is -1.88. The van der Waals surface area contributed by atoms with E-state index in [0.29, 0.717) is 6.42 Å². The number of carbonyl (C=O) groups is 2. The number of nitrogens with two attached hydrogens (primary N) is 1. The normalized spacial score (nSPS) is 23.2. The Labute approximate surface area is 119 Å². The van der Waals surface area contributed by atoms with Crippen molar-refractivity contribution in [2.75, 3.05) is 18.4 Å². The van der Waals surface area contributed by atoms with Crippen molar-refractivity contribution in [1.82, 2.24) is 4.90 Å². The third-order valence-electron chi connectivity index (χ3n) is 3.96. The van der Waals surface area contributed by atoms with Gasteiger partial charge < -0.3 is 11.1 Å². The highest BCUT2D eigenvalue weighted by Crippen LogP contribution is 2.27. The second kappa shape index (κ2) is 6.05. The molecule has 0 bridgehead atoms. The van der Waals surface area contributed by atoms with Gasteiger partial charge in [0, 0.05) is 5.69 Å². The Morgan fingerprint density at radius 2 is 2.00 bits per heavy atom. The van der Waals surface area contributed by atoms with Crippen molar-refractivity contribution < 1.29 is 9.59 Å². The first-order chi connectivity index (χ1) is 9.52. The minimum atomic E-state index is -0.716. The maximum atomic E-state index is 12.1. The summed E-state index contributed by atoms with van der Waals surface area (Å²) >= 11 is 0. The van der Waals surface area contributed by atoms with Gasteiger partial charge in [-0.05, 0) is 44.9 Å². The van der Waals surface area contributed by atoms with Gasteiger partial charge in [0.15, 0.2) is 0 Å². The van der Waals surface area contributed by atoms with E-state index in [-0.39, 0.29) is 18.4 Å². The van der Waals surface area contributed by atoms with Gasteiger partial charge in [-0.2, -0.15) is 0 Å². The Morgan fingerprint density at radius 1 is 1.30 bits per heavy atom. The highest BCUT2D eigenvalue weighted by atomic mass is 16.2. The fraction of sp³-hybridized carbons (Fsp3) is 0.467. The van der Waals surface area contributed by atoms with Crippen molar-refractivity contribution in [3.63, 3.8) is 0 Å². The number of hydrogen-bond acceptors (Lipinski definition) is 3. The molecule has 1 aliphatic heterocycles. The summed E-state index contributed by atoms with van der Waals surface area (Å²) in [4.78, 5) is 25.6. The van der Waals surface area contributed by atoms with Crippen LogP contribution in [0, 0.1) is 0 Å². The van der Waals surface area contributed by atoms with E-state index >= 15 is 0 Å². The number of amides is 2. The number of nitrogens with one attached hydrogen (secondary N) is 1. The molecule has 1 aliphatic rings. The topological polar surface area (TPSA) is 75.4 Å². The molecule has 0 aromatic heterocycles. The molecule has 20 heavy (non-hydrogen) atoms. The molecule has 5 nitrogen and oxygen atoms in total. The van der Waals surface area contributed by atoms with Crippen LogP contribution in [-0.4, -0.2) is 35.3 Å². The molecule has 1 unspecified atom stereocenters. The Bertz CT molecular complexity index is 489. The summed E-state index contributed by atoms with van der Waals surface area (Å²) in [5.41, 5.74) is 5.55. The molecule has 2 rings (SSSR count). The van der Waals surface area contributed by atoms with E-state index < -0.39 is 5.54 Å². The molecular weight excluding hydrogens is 254 g/mol. The fourth-order valence-electron chi connectivity index (χ4n) is 2.60. The molecule has 0 aliphatic carbocycles. The van der Waals surface area contributed by atoms with Crippen molar-refractivity contribution in [2.45, 2.75) is 31.7 Å². The van der Waals surface area contributed by atoms with Crippen LogP contribution in [0.25, 0.3) is 0 Å². The molecule has 0 saturated carbocycles. The van der Waals surface area contributed by atoms with E-state index in [1.165, 1.54) is 0 Å². The molecule has 1 aromatic rings. The summed E-state index contributed by atoms with van der Waals surface area (Å²) in [5.74, 6) is -0.477. The smallest absolute Gasteiger partial charge is 0.238 e. The summed E-state index contributed by atoms with van der Waals surface area (Å²) in [6, 6.07) is 9.29. The van der Waals surface area contributed by atoms with Gasteiger partial charge in [0.25, 0.3) is 0 Å². The van der Waals surface area contributed by atoms with E-state index in [4.69, 9.17) is 5.73 Å². The number of carbonyl (C=O) groups excluding carboxylic acids is 2. The Kier molecular flexibility index (Phi) is 4.39. The number of rotatable bonds is 4. The zero-order chi connectivity index (χ0) is 14.6. The number of nitrogens with zero attached hydrogens (tertiary/aromatic N) is 1. The van der Waals surface area contributed by atoms with Crippen molar-refractivity contribution in [3.05, 3.63) is 30.3 Å². The zero-order valence-electron chi connectivity index (χ0n) is 11.8. The minimum Gasteiger partial charge on any atom is -0.368 e. The van der Waals surface area contributed by atoms with E-state index in [2.05, 4.69) is 5.32 Å². The fourth-order valence-corrected chi connectivity index (χ4v) is 2.60. The van der Waals surface area contributed by atoms with Crippen LogP contribution in [0.2, 0.25) is 0 Å². The van der Waals surface area contributed by atoms with Gasteiger partial charge in [-0.25, -0.2) is 0 Å². The van der Waals surface area contributed by atoms with Gasteiger partial charge in [-0.1, -0.05) is 18.2 Å². The van der Waals surface area contributed by atoms with Gasteiger partial charge in [0.1, 0.15) is 0 Å². The Balaban J connectivity index is 2.00. The summed E-state index contributed by atoms with van der Waals surface area (Å²) < 4.78 is 0. The number of piperidine rings is 1. The molecule has 1 aromatic carbocycles. The van der Waals surface area contributed by atoms with Crippen molar-refractivity contribution in [3.8, 4) is 0 Å². The number of benzene rings is 1. The first-order valence-electron chi connectivity index (χ1n) is 6.92. The van der Waals surface area contributed by atoms with Crippen LogP contribution in [0.1, 0.15) is 26.2 Å². The standard InChI is InChI=1S/C15H21N3O2/c1-15(14(16)20)9-5-6-10-18(15)11-13(19)17-12-7-3-2-4-8-12/h2-4,7-8H,5-6,9-11H2,1H3,(H2,16,20)(H,17,19). The number of primary amides is 1. The summed E-state index contributed by atoms with van der Waals surface area (Å²) in [5, 5.41) is 2.83. The summed E-state index contributed by atoms with van der Waals surface area (Å²) in [6.45, 7) is 2.74. The molecule has 1 heterocycles. The molecule has 108 valence electrons. The lowest BCUT2D eigenvalue weighted by Gasteiger charge is -2.42. The molecule has 1 fully saturated rings. The maximum absolute atomic E-state index is 12.1. The molecule has 0 spiro atoms. The SMILES string of the molecule is CC1(C(N)=O)CCCCN1CC(=O)Nc1ccccc1. The van der Waals surface area contributed by atoms with Gasteiger partial charge in [-0.15, -0.1) is 0 Å². The van der Waals surface area contributed by atoms with Gasteiger partial charge in [-0.3, -0.25) is 14.5 Å².